The summed E-state index contributed by atoms with van der Waals surface area (Å²) < 4.78 is 7.40. The Bertz CT molecular complexity index is 1120. The van der Waals surface area contributed by atoms with Gasteiger partial charge in [-0.25, -0.2) is 4.98 Å². The summed E-state index contributed by atoms with van der Waals surface area (Å²) in [5.74, 6) is 1.26. The molecule has 0 fully saturated rings. The molecule has 4 rings (SSSR count). The first-order valence-corrected chi connectivity index (χ1v) is 8.59. The van der Waals surface area contributed by atoms with Crippen LogP contribution in [0, 0.1) is 0 Å². The Labute approximate surface area is 151 Å². The minimum atomic E-state index is -0.110. The van der Waals surface area contributed by atoms with E-state index in [1.54, 1.807) is 10.6 Å². The monoisotopic (exact) mass is 342 g/mol. The molecule has 128 valence electrons. The van der Waals surface area contributed by atoms with E-state index in [0.717, 1.165) is 5.56 Å². The Balaban J connectivity index is 2.11. The summed E-state index contributed by atoms with van der Waals surface area (Å²) in [7, 11) is 0. The molecule has 0 atom stereocenters. The maximum atomic E-state index is 13.3. The number of ether oxygens (including phenoxy) is 1. The zero-order chi connectivity index (χ0) is 17.9. The third-order valence-electron chi connectivity index (χ3n) is 4.21. The Morgan fingerprint density at radius 2 is 1.58 bits per heavy atom. The van der Waals surface area contributed by atoms with Crippen LogP contribution < -0.4 is 10.3 Å². The number of hydrogen-bond acceptors (Lipinski definition) is 3. The topological polar surface area (TPSA) is 44.1 Å². The van der Waals surface area contributed by atoms with E-state index in [1.807, 2.05) is 79.7 Å². The number of hydrogen-bond donors (Lipinski definition) is 0. The molecule has 0 saturated carbocycles. The van der Waals surface area contributed by atoms with Crippen molar-refractivity contribution >= 4 is 10.9 Å². The van der Waals surface area contributed by atoms with Gasteiger partial charge in [0.05, 0.1) is 23.2 Å². The van der Waals surface area contributed by atoms with E-state index in [9.17, 15) is 4.79 Å². The first-order valence-electron chi connectivity index (χ1n) is 8.59. The highest BCUT2D eigenvalue weighted by Gasteiger charge is 2.16. The van der Waals surface area contributed by atoms with Gasteiger partial charge in [-0.1, -0.05) is 54.6 Å². The van der Waals surface area contributed by atoms with Gasteiger partial charge in [0.25, 0.3) is 5.56 Å². The van der Waals surface area contributed by atoms with Gasteiger partial charge in [-0.05, 0) is 31.2 Å². The highest BCUT2D eigenvalue weighted by molar-refractivity contribution is 5.80. The van der Waals surface area contributed by atoms with Crippen LogP contribution in [0.5, 0.6) is 5.75 Å². The van der Waals surface area contributed by atoms with Gasteiger partial charge in [0.1, 0.15) is 11.6 Å². The van der Waals surface area contributed by atoms with Gasteiger partial charge in [0.2, 0.25) is 0 Å². The van der Waals surface area contributed by atoms with E-state index >= 15 is 0 Å². The predicted molar refractivity (Wildman–Crippen MR) is 104 cm³/mol. The van der Waals surface area contributed by atoms with Crippen LogP contribution in [0.4, 0.5) is 0 Å². The van der Waals surface area contributed by atoms with Gasteiger partial charge in [-0.3, -0.25) is 9.36 Å². The summed E-state index contributed by atoms with van der Waals surface area (Å²) in [4.78, 5) is 18.1. The second-order valence-corrected chi connectivity index (χ2v) is 5.86. The summed E-state index contributed by atoms with van der Waals surface area (Å²) in [6.07, 6.45) is 0. The molecular weight excluding hydrogens is 324 g/mol. The van der Waals surface area contributed by atoms with Crippen LogP contribution >= 0.6 is 0 Å². The predicted octanol–water partition coefficient (Wildman–Crippen LogP) is 4.45. The average molecular weight is 342 g/mol. The van der Waals surface area contributed by atoms with Gasteiger partial charge in [0, 0.05) is 5.56 Å². The normalized spacial score (nSPS) is 10.8. The largest absolute Gasteiger partial charge is 0.492 e. The Morgan fingerprint density at radius 3 is 2.38 bits per heavy atom. The van der Waals surface area contributed by atoms with Crippen molar-refractivity contribution in [3.63, 3.8) is 0 Å². The van der Waals surface area contributed by atoms with Gasteiger partial charge in [-0.2, -0.15) is 0 Å². The molecule has 4 nitrogen and oxygen atoms in total. The summed E-state index contributed by atoms with van der Waals surface area (Å²) in [5, 5.41) is 0.582. The van der Waals surface area contributed by atoms with Crippen LogP contribution in [0.15, 0.2) is 83.7 Å². The van der Waals surface area contributed by atoms with E-state index in [4.69, 9.17) is 9.72 Å². The van der Waals surface area contributed by atoms with Crippen LogP contribution in [0.3, 0.4) is 0 Å². The highest BCUT2D eigenvalue weighted by atomic mass is 16.5. The maximum Gasteiger partial charge on any atom is 0.266 e. The van der Waals surface area contributed by atoms with Crippen molar-refractivity contribution in [2.75, 3.05) is 6.61 Å². The van der Waals surface area contributed by atoms with E-state index in [-0.39, 0.29) is 5.56 Å². The lowest BCUT2D eigenvalue weighted by Crippen LogP contribution is -2.22. The number of nitrogens with zero attached hydrogens (tertiary/aromatic N) is 2. The van der Waals surface area contributed by atoms with Gasteiger partial charge >= 0.3 is 0 Å². The Hall–Kier alpha value is -3.40. The minimum absolute atomic E-state index is 0.110. The Morgan fingerprint density at radius 1 is 0.885 bits per heavy atom. The number of benzene rings is 3. The average Bonchev–Trinajstić information content (AvgIpc) is 2.70. The fraction of sp³-hybridized carbons (Fsp3) is 0.0909. The minimum Gasteiger partial charge on any atom is -0.492 e. The molecule has 0 saturated heterocycles. The Kier molecular flexibility index (Phi) is 4.23. The van der Waals surface area contributed by atoms with Crippen LogP contribution in [0.25, 0.3) is 28.0 Å². The molecule has 0 spiro atoms. The van der Waals surface area contributed by atoms with Crippen molar-refractivity contribution in [1.29, 1.82) is 0 Å². The lowest BCUT2D eigenvalue weighted by molar-refractivity contribution is 0.339. The van der Waals surface area contributed by atoms with E-state index < -0.39 is 0 Å². The van der Waals surface area contributed by atoms with Crippen molar-refractivity contribution in [2.45, 2.75) is 6.92 Å². The van der Waals surface area contributed by atoms with Crippen molar-refractivity contribution < 1.29 is 4.74 Å². The summed E-state index contributed by atoms with van der Waals surface area (Å²) in [5.41, 5.74) is 2.14. The fourth-order valence-electron chi connectivity index (χ4n) is 3.06. The third-order valence-corrected chi connectivity index (χ3v) is 4.21. The molecule has 0 aliphatic heterocycles. The molecule has 1 heterocycles. The molecule has 3 aromatic carbocycles. The molecule has 4 aromatic rings. The molecule has 4 heteroatoms. The van der Waals surface area contributed by atoms with Crippen LogP contribution in [-0.4, -0.2) is 16.2 Å². The van der Waals surface area contributed by atoms with E-state index in [1.165, 1.54) is 0 Å². The zero-order valence-electron chi connectivity index (χ0n) is 14.4. The molecule has 0 unspecified atom stereocenters. The van der Waals surface area contributed by atoms with Gasteiger partial charge < -0.3 is 4.74 Å². The zero-order valence-corrected chi connectivity index (χ0v) is 14.4. The molecular formula is C22H18N2O2. The molecule has 0 radical (unpaired) electrons. The molecule has 0 bridgehead atoms. The molecule has 0 aliphatic rings. The number of aromatic nitrogens is 2. The molecule has 0 aliphatic carbocycles. The van der Waals surface area contributed by atoms with Crippen LogP contribution in [-0.2, 0) is 0 Å². The van der Waals surface area contributed by atoms with Crippen LogP contribution in [0.2, 0.25) is 0 Å². The standard InChI is InChI=1S/C22H18N2O2/c1-2-26-20-15-9-8-14-19(20)24-21(16-10-4-3-5-11-16)23-18-13-7-6-12-17(18)22(24)25/h3-15H,2H2,1H3. The summed E-state index contributed by atoms with van der Waals surface area (Å²) in [6.45, 7) is 2.45. The third kappa shape index (κ3) is 2.75. The second-order valence-electron chi connectivity index (χ2n) is 5.86. The first kappa shape index (κ1) is 16.1. The van der Waals surface area contributed by atoms with Crippen molar-refractivity contribution in [2.24, 2.45) is 0 Å². The molecule has 1 aromatic heterocycles. The first-order chi connectivity index (χ1) is 12.8. The number of fused-ring (bicyclic) bond motifs is 1. The van der Waals surface area contributed by atoms with Crippen molar-refractivity contribution in [3.8, 4) is 22.8 Å². The van der Waals surface area contributed by atoms with Crippen molar-refractivity contribution in [1.82, 2.24) is 9.55 Å². The maximum absolute atomic E-state index is 13.3. The molecule has 26 heavy (non-hydrogen) atoms. The SMILES string of the molecule is CCOc1ccccc1-n1c(-c2ccccc2)nc2ccccc2c1=O. The second kappa shape index (κ2) is 6.84. The fourth-order valence-corrected chi connectivity index (χ4v) is 3.06. The summed E-state index contributed by atoms with van der Waals surface area (Å²) >= 11 is 0. The number of para-hydroxylation sites is 3. The smallest absolute Gasteiger partial charge is 0.266 e. The van der Waals surface area contributed by atoms with Crippen molar-refractivity contribution in [3.05, 3.63) is 89.2 Å². The lowest BCUT2D eigenvalue weighted by atomic mass is 10.1. The summed E-state index contributed by atoms with van der Waals surface area (Å²) in [6, 6.07) is 24.7. The quantitative estimate of drug-likeness (QED) is 0.550. The number of rotatable bonds is 4. The lowest BCUT2D eigenvalue weighted by Gasteiger charge is -2.17. The van der Waals surface area contributed by atoms with Crippen LogP contribution in [0.1, 0.15) is 6.92 Å². The molecule has 0 amide bonds. The van der Waals surface area contributed by atoms with E-state index in [0.29, 0.717) is 34.8 Å². The van der Waals surface area contributed by atoms with E-state index in [2.05, 4.69) is 0 Å². The van der Waals surface area contributed by atoms with Gasteiger partial charge in [-0.15, -0.1) is 0 Å². The van der Waals surface area contributed by atoms with Gasteiger partial charge in [0.15, 0.2) is 0 Å². The molecule has 0 N–H and O–H groups in total. The highest BCUT2D eigenvalue weighted by Crippen LogP contribution is 2.27.